The third-order valence-electron chi connectivity index (χ3n) is 4.44. The lowest BCUT2D eigenvalue weighted by Crippen LogP contribution is -2.17. The maximum absolute atomic E-state index is 12.7. The normalized spacial score (nSPS) is 10.9. The fraction of sp³-hybridized carbons (Fsp3) is 0.125. The van der Waals surface area contributed by atoms with E-state index in [9.17, 15) is 22.8 Å². The van der Waals surface area contributed by atoms with Gasteiger partial charge >= 0.3 is 12.1 Å². The van der Waals surface area contributed by atoms with Gasteiger partial charge in [0.1, 0.15) is 11.5 Å². The second-order valence-corrected chi connectivity index (χ2v) is 6.86. The largest absolute Gasteiger partial charge is 0.493 e. The summed E-state index contributed by atoms with van der Waals surface area (Å²) < 4.78 is 53.8. The van der Waals surface area contributed by atoms with E-state index in [1.807, 2.05) is 0 Å². The molecule has 0 unspecified atom stereocenters. The minimum Gasteiger partial charge on any atom is -0.493 e. The van der Waals surface area contributed by atoms with Gasteiger partial charge in [-0.1, -0.05) is 6.58 Å². The highest BCUT2D eigenvalue weighted by Gasteiger charge is 2.30. The highest BCUT2D eigenvalue weighted by molar-refractivity contribution is 6.05. The van der Waals surface area contributed by atoms with Crippen LogP contribution in [0.2, 0.25) is 0 Å². The number of hydrogen-bond acceptors (Lipinski definition) is 6. The van der Waals surface area contributed by atoms with Crippen molar-refractivity contribution in [1.29, 1.82) is 0 Å². The van der Waals surface area contributed by atoms with Gasteiger partial charge in [0.2, 0.25) is 5.75 Å². The Kier molecular flexibility index (Phi) is 7.20. The molecule has 176 valence electrons. The molecule has 34 heavy (non-hydrogen) atoms. The molecule has 0 fully saturated rings. The first-order valence-corrected chi connectivity index (χ1v) is 9.75. The number of pyridine rings is 1. The minimum absolute atomic E-state index is 0.107. The van der Waals surface area contributed by atoms with Gasteiger partial charge in [-0.15, -0.1) is 0 Å². The topological polar surface area (TPSA) is 86.8 Å². The Morgan fingerprint density at radius 1 is 0.971 bits per heavy atom. The van der Waals surface area contributed by atoms with Crippen LogP contribution in [0.5, 0.6) is 17.2 Å². The fourth-order valence-corrected chi connectivity index (χ4v) is 2.84. The quantitative estimate of drug-likeness (QED) is 0.369. The van der Waals surface area contributed by atoms with Crippen LogP contribution >= 0.6 is 0 Å². The predicted molar refractivity (Wildman–Crippen MR) is 118 cm³/mol. The second-order valence-electron chi connectivity index (χ2n) is 6.86. The number of amides is 1. The number of nitrogens with one attached hydrogen (secondary N) is 1. The lowest BCUT2D eigenvalue weighted by molar-refractivity contribution is -0.137. The van der Waals surface area contributed by atoms with Crippen LogP contribution in [0.4, 0.5) is 18.9 Å². The van der Waals surface area contributed by atoms with E-state index in [-0.39, 0.29) is 28.7 Å². The third kappa shape index (κ3) is 5.91. The number of esters is 1. The Morgan fingerprint density at radius 3 is 2.18 bits per heavy atom. The first kappa shape index (κ1) is 24.3. The first-order chi connectivity index (χ1) is 16.1. The highest BCUT2D eigenvalue weighted by atomic mass is 19.4. The molecular weight excluding hydrogens is 453 g/mol. The smallest absolute Gasteiger partial charge is 0.416 e. The predicted octanol–water partition coefficient (Wildman–Crippen LogP) is 5.34. The van der Waals surface area contributed by atoms with Crippen LogP contribution in [-0.4, -0.2) is 24.0 Å². The van der Waals surface area contributed by atoms with Gasteiger partial charge in [-0.3, -0.25) is 9.59 Å². The molecule has 1 aromatic heterocycles. The number of ether oxygens (including phenoxy) is 3. The SMILES string of the molecule is C=C(Oc1ccc(C(F)(F)F)cc1)c1ccc(NC(=O)c2nccc(OC)c2OC(C)=O)cc1. The molecule has 0 saturated carbocycles. The molecule has 0 aliphatic heterocycles. The van der Waals surface area contributed by atoms with Gasteiger partial charge in [0.25, 0.3) is 5.91 Å². The number of benzene rings is 2. The fourth-order valence-electron chi connectivity index (χ4n) is 2.84. The molecule has 0 aliphatic rings. The molecule has 0 aliphatic carbocycles. The van der Waals surface area contributed by atoms with Crippen LogP contribution in [-0.2, 0) is 11.0 Å². The standard InChI is InChI=1S/C24H19F3N2O5/c1-14(33-19-10-6-17(7-11-19)24(25,26)27)16-4-8-18(9-5-16)29-23(31)21-22(34-15(2)30)20(32-3)12-13-28-21/h4-13H,1H2,2-3H3,(H,29,31). The molecule has 10 heteroatoms. The van der Waals surface area contributed by atoms with Crippen LogP contribution in [0.3, 0.4) is 0 Å². The molecule has 0 saturated heterocycles. The maximum atomic E-state index is 12.7. The van der Waals surface area contributed by atoms with Gasteiger partial charge < -0.3 is 19.5 Å². The molecule has 3 rings (SSSR count). The van der Waals surface area contributed by atoms with E-state index < -0.39 is 23.6 Å². The van der Waals surface area contributed by atoms with Gasteiger partial charge in [0.05, 0.1) is 12.7 Å². The summed E-state index contributed by atoms with van der Waals surface area (Å²) in [6, 6.07) is 12.0. The summed E-state index contributed by atoms with van der Waals surface area (Å²) in [4.78, 5) is 28.1. The Morgan fingerprint density at radius 2 is 1.62 bits per heavy atom. The third-order valence-corrected chi connectivity index (χ3v) is 4.44. The molecule has 2 aromatic carbocycles. The molecule has 3 aromatic rings. The van der Waals surface area contributed by atoms with Gasteiger partial charge in [0, 0.05) is 30.4 Å². The summed E-state index contributed by atoms with van der Waals surface area (Å²) in [6.07, 6.45) is -3.10. The van der Waals surface area contributed by atoms with Gasteiger partial charge in [0.15, 0.2) is 11.4 Å². The number of halogens is 3. The minimum atomic E-state index is -4.44. The summed E-state index contributed by atoms with van der Waals surface area (Å²) in [6.45, 7) is 4.97. The Labute approximate surface area is 192 Å². The van der Waals surface area contributed by atoms with Crippen molar-refractivity contribution in [3.8, 4) is 17.2 Å². The summed E-state index contributed by atoms with van der Waals surface area (Å²) in [5.41, 5.74) is 0.00842. The van der Waals surface area contributed by atoms with Gasteiger partial charge in [-0.05, 0) is 48.5 Å². The Hall–Kier alpha value is -4.34. The van der Waals surface area contributed by atoms with E-state index >= 15 is 0 Å². The van der Waals surface area contributed by atoms with Crippen molar-refractivity contribution in [2.24, 2.45) is 0 Å². The van der Waals surface area contributed by atoms with Crippen LogP contribution in [0.25, 0.3) is 5.76 Å². The Bertz CT molecular complexity index is 1210. The zero-order valence-corrected chi connectivity index (χ0v) is 18.1. The lowest BCUT2D eigenvalue weighted by atomic mass is 10.1. The average molecular weight is 472 g/mol. The summed E-state index contributed by atoms with van der Waals surface area (Å²) >= 11 is 0. The summed E-state index contributed by atoms with van der Waals surface area (Å²) in [5.74, 6) is -0.826. The molecule has 0 atom stereocenters. The average Bonchev–Trinajstić information content (AvgIpc) is 2.79. The van der Waals surface area contributed by atoms with Crippen molar-refractivity contribution in [3.05, 3.63) is 84.2 Å². The van der Waals surface area contributed by atoms with E-state index in [1.165, 1.54) is 38.4 Å². The molecule has 0 radical (unpaired) electrons. The molecule has 1 N–H and O–H groups in total. The number of rotatable bonds is 7. The van der Waals surface area contributed by atoms with Crippen LogP contribution in [0.1, 0.15) is 28.5 Å². The molecule has 0 bridgehead atoms. The maximum Gasteiger partial charge on any atom is 0.416 e. The van der Waals surface area contributed by atoms with Crippen LogP contribution in [0.15, 0.2) is 67.4 Å². The molecule has 0 spiro atoms. The van der Waals surface area contributed by atoms with Crippen molar-refractivity contribution < 1.29 is 37.0 Å². The molecular formula is C24H19F3N2O5. The van der Waals surface area contributed by atoms with Crippen molar-refractivity contribution in [3.63, 3.8) is 0 Å². The zero-order valence-electron chi connectivity index (χ0n) is 18.1. The Balaban J connectivity index is 1.70. The zero-order chi connectivity index (χ0) is 24.9. The second kappa shape index (κ2) is 10.1. The number of anilines is 1. The van der Waals surface area contributed by atoms with E-state index in [2.05, 4.69) is 16.9 Å². The number of hydrogen-bond donors (Lipinski definition) is 1. The molecule has 7 nitrogen and oxygen atoms in total. The van der Waals surface area contributed by atoms with E-state index in [1.54, 1.807) is 24.3 Å². The number of aromatic nitrogens is 1. The molecule has 1 amide bonds. The number of alkyl halides is 3. The van der Waals surface area contributed by atoms with Crippen molar-refractivity contribution in [2.75, 3.05) is 12.4 Å². The van der Waals surface area contributed by atoms with Crippen LogP contribution < -0.4 is 19.5 Å². The van der Waals surface area contributed by atoms with E-state index in [0.717, 1.165) is 12.1 Å². The number of nitrogens with zero attached hydrogens (tertiary/aromatic N) is 1. The number of carbonyl (C=O) groups is 2. The van der Waals surface area contributed by atoms with Crippen molar-refractivity contribution in [2.45, 2.75) is 13.1 Å². The summed E-state index contributed by atoms with van der Waals surface area (Å²) in [5, 5.41) is 2.63. The van der Waals surface area contributed by atoms with Gasteiger partial charge in [-0.25, -0.2) is 4.98 Å². The lowest BCUT2D eigenvalue weighted by Gasteiger charge is -2.13. The van der Waals surface area contributed by atoms with Crippen molar-refractivity contribution in [1.82, 2.24) is 4.98 Å². The number of methoxy groups -OCH3 is 1. The monoisotopic (exact) mass is 472 g/mol. The van der Waals surface area contributed by atoms with Gasteiger partial charge in [-0.2, -0.15) is 13.2 Å². The first-order valence-electron chi connectivity index (χ1n) is 9.75. The van der Waals surface area contributed by atoms with E-state index in [0.29, 0.717) is 11.3 Å². The number of carbonyl (C=O) groups excluding carboxylic acids is 2. The van der Waals surface area contributed by atoms with Crippen LogP contribution in [0, 0.1) is 0 Å². The molecule has 1 heterocycles. The van der Waals surface area contributed by atoms with Crippen molar-refractivity contribution >= 4 is 23.3 Å². The summed E-state index contributed by atoms with van der Waals surface area (Å²) in [7, 11) is 1.36. The van der Waals surface area contributed by atoms with E-state index in [4.69, 9.17) is 14.2 Å². The highest BCUT2D eigenvalue weighted by Crippen LogP contribution is 2.32.